The van der Waals surface area contributed by atoms with Gasteiger partial charge in [0, 0.05) is 36.8 Å². The van der Waals surface area contributed by atoms with E-state index in [9.17, 15) is 0 Å². The zero-order chi connectivity index (χ0) is 18.6. The molecule has 27 heavy (non-hydrogen) atoms. The van der Waals surface area contributed by atoms with Gasteiger partial charge in [-0.25, -0.2) is 9.97 Å². The Morgan fingerprint density at radius 2 is 2.00 bits per heavy atom. The number of methoxy groups -OCH3 is 1. The van der Waals surface area contributed by atoms with Crippen molar-refractivity contribution in [1.82, 2.24) is 20.3 Å². The van der Waals surface area contributed by atoms with Gasteiger partial charge in [0.25, 0.3) is 0 Å². The summed E-state index contributed by atoms with van der Waals surface area (Å²) in [5.41, 5.74) is 1.13. The van der Waals surface area contributed by atoms with Crippen molar-refractivity contribution in [2.75, 3.05) is 37.0 Å². The minimum absolute atomic E-state index is 0.477. The number of nitrogens with zero attached hydrogens (tertiary/aromatic N) is 4. The number of anilines is 3. The van der Waals surface area contributed by atoms with Gasteiger partial charge in [-0.2, -0.15) is 4.98 Å². The van der Waals surface area contributed by atoms with Gasteiger partial charge in [-0.05, 0) is 51.8 Å². The third kappa shape index (κ3) is 4.13. The van der Waals surface area contributed by atoms with Crippen molar-refractivity contribution in [3.8, 4) is 5.75 Å². The summed E-state index contributed by atoms with van der Waals surface area (Å²) in [6.45, 7) is 5.37. The van der Waals surface area contributed by atoms with E-state index < -0.39 is 0 Å². The van der Waals surface area contributed by atoms with Crippen LogP contribution in [0.3, 0.4) is 0 Å². The molecule has 0 amide bonds. The molecular formula is C20H28N6O. The molecule has 2 N–H and O–H groups in total. The average molecular weight is 368 g/mol. The van der Waals surface area contributed by atoms with Gasteiger partial charge in [0.15, 0.2) is 0 Å². The van der Waals surface area contributed by atoms with E-state index in [1.165, 1.54) is 12.8 Å². The average Bonchev–Trinajstić information content (AvgIpc) is 3.14. The number of nitrogens with one attached hydrogen (secondary N) is 2. The Labute approximate surface area is 160 Å². The van der Waals surface area contributed by atoms with Crippen molar-refractivity contribution in [3.63, 3.8) is 0 Å². The molecule has 0 bridgehead atoms. The van der Waals surface area contributed by atoms with Crippen molar-refractivity contribution in [3.05, 3.63) is 30.1 Å². The Kier molecular flexibility index (Phi) is 5.38. The maximum atomic E-state index is 5.30. The predicted molar refractivity (Wildman–Crippen MR) is 107 cm³/mol. The molecule has 144 valence electrons. The Morgan fingerprint density at radius 1 is 1.15 bits per heavy atom. The molecule has 2 fully saturated rings. The quantitative estimate of drug-likeness (QED) is 0.840. The Balaban J connectivity index is 1.66. The van der Waals surface area contributed by atoms with Crippen LogP contribution < -0.4 is 20.3 Å². The molecule has 0 radical (unpaired) electrons. The molecule has 2 aromatic rings. The van der Waals surface area contributed by atoms with Crippen LogP contribution in [-0.4, -0.2) is 47.7 Å². The Hall–Kier alpha value is -2.41. The van der Waals surface area contributed by atoms with Crippen molar-refractivity contribution in [1.29, 1.82) is 0 Å². The summed E-state index contributed by atoms with van der Waals surface area (Å²) in [5.74, 6) is 3.61. The first kappa shape index (κ1) is 18.0. The fourth-order valence-corrected chi connectivity index (χ4v) is 3.94. The van der Waals surface area contributed by atoms with Crippen molar-refractivity contribution in [2.45, 2.75) is 44.6 Å². The van der Waals surface area contributed by atoms with Gasteiger partial charge < -0.3 is 20.3 Å². The smallest absolute Gasteiger partial charge is 0.227 e. The summed E-state index contributed by atoms with van der Waals surface area (Å²) in [7, 11) is 1.66. The summed E-state index contributed by atoms with van der Waals surface area (Å²) in [5, 5.41) is 6.79. The highest BCUT2D eigenvalue weighted by atomic mass is 16.5. The lowest BCUT2D eigenvalue weighted by molar-refractivity contribution is 0.414. The third-order valence-corrected chi connectivity index (χ3v) is 5.52. The number of ether oxygens (including phenoxy) is 1. The zero-order valence-corrected chi connectivity index (χ0v) is 16.1. The summed E-state index contributed by atoms with van der Waals surface area (Å²) >= 11 is 0. The lowest BCUT2D eigenvalue weighted by atomic mass is 9.94. The van der Waals surface area contributed by atoms with Crippen LogP contribution in [0.4, 0.5) is 17.6 Å². The van der Waals surface area contributed by atoms with Gasteiger partial charge in [0.1, 0.15) is 17.4 Å². The van der Waals surface area contributed by atoms with Crippen LogP contribution in [0, 0.1) is 0 Å². The van der Waals surface area contributed by atoms with Gasteiger partial charge in [0.2, 0.25) is 5.95 Å². The number of hydrogen-bond acceptors (Lipinski definition) is 7. The van der Waals surface area contributed by atoms with Crippen LogP contribution in [0.25, 0.3) is 0 Å². The van der Waals surface area contributed by atoms with Crippen molar-refractivity contribution < 1.29 is 4.74 Å². The number of aromatic nitrogens is 3. The number of rotatable bonds is 5. The second-order valence-electron chi connectivity index (χ2n) is 7.39. The van der Waals surface area contributed by atoms with Gasteiger partial charge >= 0.3 is 0 Å². The molecule has 2 aliphatic rings. The first-order chi connectivity index (χ1) is 13.2. The van der Waals surface area contributed by atoms with E-state index in [4.69, 9.17) is 14.7 Å². The largest absolute Gasteiger partial charge is 0.497 e. The maximum Gasteiger partial charge on any atom is 0.227 e. The summed E-state index contributed by atoms with van der Waals surface area (Å²) < 4.78 is 5.30. The SMILES string of the molecule is COc1ccnc(Nc2cc(C3CCNCC3)nc(N3CCCC3C)n2)c1. The van der Waals surface area contributed by atoms with E-state index in [1.807, 2.05) is 12.1 Å². The Bertz CT molecular complexity index is 777. The molecule has 2 aromatic heterocycles. The molecular weight excluding hydrogens is 340 g/mol. The highest BCUT2D eigenvalue weighted by molar-refractivity contribution is 5.56. The molecule has 2 aliphatic heterocycles. The molecule has 4 rings (SSSR count). The molecule has 0 saturated carbocycles. The monoisotopic (exact) mass is 368 g/mol. The summed E-state index contributed by atoms with van der Waals surface area (Å²) in [6.07, 6.45) is 6.36. The first-order valence-electron chi connectivity index (χ1n) is 9.86. The summed E-state index contributed by atoms with van der Waals surface area (Å²) in [6, 6.07) is 6.28. The Morgan fingerprint density at radius 3 is 2.74 bits per heavy atom. The minimum Gasteiger partial charge on any atom is -0.497 e. The third-order valence-electron chi connectivity index (χ3n) is 5.52. The van der Waals surface area contributed by atoms with Gasteiger partial charge in [0.05, 0.1) is 12.8 Å². The van der Waals surface area contributed by atoms with E-state index in [2.05, 4.69) is 33.5 Å². The van der Waals surface area contributed by atoms with Crippen LogP contribution in [0.5, 0.6) is 5.75 Å². The molecule has 7 nitrogen and oxygen atoms in total. The molecule has 1 unspecified atom stereocenters. The van der Waals surface area contributed by atoms with E-state index in [0.29, 0.717) is 12.0 Å². The molecule has 1 atom stereocenters. The molecule has 0 aliphatic carbocycles. The standard InChI is InChI=1S/C20H28N6O/c1-14-4-3-11-26(14)20-23-17(15-5-8-21-9-6-15)13-19(25-20)24-18-12-16(27-2)7-10-22-18/h7,10,12-15,21H,3-6,8-9,11H2,1-2H3,(H,22,23,24,25). The van der Waals surface area contributed by atoms with E-state index in [1.54, 1.807) is 13.3 Å². The molecule has 2 saturated heterocycles. The molecule has 4 heterocycles. The van der Waals surface area contributed by atoms with E-state index in [0.717, 1.165) is 61.5 Å². The van der Waals surface area contributed by atoms with Gasteiger partial charge in [-0.15, -0.1) is 0 Å². The number of pyridine rings is 1. The fourth-order valence-electron chi connectivity index (χ4n) is 3.94. The zero-order valence-electron chi connectivity index (χ0n) is 16.1. The van der Waals surface area contributed by atoms with Crippen LogP contribution in [0.15, 0.2) is 24.4 Å². The highest BCUT2D eigenvalue weighted by Crippen LogP contribution is 2.30. The van der Waals surface area contributed by atoms with Crippen LogP contribution >= 0.6 is 0 Å². The minimum atomic E-state index is 0.477. The van der Waals surface area contributed by atoms with Gasteiger partial charge in [-0.1, -0.05) is 0 Å². The summed E-state index contributed by atoms with van der Waals surface area (Å²) in [4.78, 5) is 16.5. The van der Waals surface area contributed by atoms with Crippen LogP contribution in [0.2, 0.25) is 0 Å². The highest BCUT2D eigenvalue weighted by Gasteiger charge is 2.25. The maximum absolute atomic E-state index is 5.30. The molecule has 7 heteroatoms. The topological polar surface area (TPSA) is 75.2 Å². The number of piperidine rings is 1. The lowest BCUT2D eigenvalue weighted by Crippen LogP contribution is -2.30. The number of hydrogen-bond donors (Lipinski definition) is 2. The molecule has 0 aromatic carbocycles. The predicted octanol–water partition coefficient (Wildman–Crippen LogP) is 3.08. The second-order valence-corrected chi connectivity index (χ2v) is 7.39. The second kappa shape index (κ2) is 8.08. The lowest BCUT2D eigenvalue weighted by Gasteiger charge is -2.26. The fraction of sp³-hybridized carbons (Fsp3) is 0.550. The van der Waals surface area contributed by atoms with Crippen LogP contribution in [-0.2, 0) is 0 Å². The van der Waals surface area contributed by atoms with E-state index >= 15 is 0 Å². The normalized spacial score (nSPS) is 20.7. The first-order valence-corrected chi connectivity index (χ1v) is 9.86. The van der Waals surface area contributed by atoms with Gasteiger partial charge in [-0.3, -0.25) is 0 Å². The van der Waals surface area contributed by atoms with Crippen molar-refractivity contribution >= 4 is 17.6 Å². The van der Waals surface area contributed by atoms with Crippen molar-refractivity contribution in [2.24, 2.45) is 0 Å². The van der Waals surface area contributed by atoms with Crippen LogP contribution in [0.1, 0.15) is 44.2 Å². The molecule has 0 spiro atoms. The van der Waals surface area contributed by atoms with E-state index in [-0.39, 0.29) is 0 Å².